The molecule has 0 heterocycles. The van der Waals surface area contributed by atoms with Crippen LogP contribution in [0.2, 0.25) is 0 Å². The van der Waals surface area contributed by atoms with Crippen LogP contribution < -0.4 is 0 Å². The maximum Gasteiger partial charge on any atom is 0.1000 e. The normalized spacial score (nSPS) is 10.3. The van der Waals surface area contributed by atoms with Gasteiger partial charge in [0, 0.05) is 12.1 Å². The van der Waals surface area contributed by atoms with Crippen LogP contribution in [0.4, 0.5) is 0 Å². The summed E-state index contributed by atoms with van der Waals surface area (Å²) in [4.78, 5) is 2.11. The maximum absolute atomic E-state index is 5.71. The Morgan fingerprint density at radius 3 is 1.85 bits per heavy atom. The highest BCUT2D eigenvalue weighted by atomic mass is 16.5. The summed E-state index contributed by atoms with van der Waals surface area (Å²) in [6.45, 7) is 1.60. The standard InChI is InChI=1S/C18H21NO/c1-19(2)13-14-20-15-18(16-9-5-3-6-10-16)17-11-7-4-8-12-17/h3-12,15H,13-14H2,1-2H3. The van der Waals surface area contributed by atoms with Crippen molar-refractivity contribution in [2.45, 2.75) is 0 Å². The number of rotatable bonds is 6. The molecule has 104 valence electrons. The second-order valence-corrected chi connectivity index (χ2v) is 4.94. The van der Waals surface area contributed by atoms with Crippen LogP contribution in [0.3, 0.4) is 0 Å². The van der Waals surface area contributed by atoms with E-state index in [0.717, 1.165) is 12.1 Å². The highest BCUT2D eigenvalue weighted by Gasteiger charge is 2.04. The summed E-state index contributed by atoms with van der Waals surface area (Å²) in [7, 11) is 4.09. The first-order valence-electron chi connectivity index (χ1n) is 6.85. The van der Waals surface area contributed by atoms with Crippen LogP contribution in [-0.4, -0.2) is 32.1 Å². The van der Waals surface area contributed by atoms with Gasteiger partial charge in [-0.2, -0.15) is 0 Å². The molecule has 0 saturated heterocycles. The highest BCUT2D eigenvalue weighted by molar-refractivity contribution is 5.78. The van der Waals surface area contributed by atoms with Gasteiger partial charge in [0.25, 0.3) is 0 Å². The molecule has 0 saturated carbocycles. The van der Waals surface area contributed by atoms with Crippen LogP contribution in [0, 0.1) is 0 Å². The Bertz CT molecular complexity index is 490. The predicted molar refractivity (Wildman–Crippen MR) is 84.5 cm³/mol. The fourth-order valence-electron chi connectivity index (χ4n) is 1.92. The SMILES string of the molecule is CN(C)CCOC=C(c1ccccc1)c1ccccc1. The number of hydrogen-bond acceptors (Lipinski definition) is 2. The third-order valence-electron chi connectivity index (χ3n) is 3.03. The molecule has 0 amide bonds. The van der Waals surface area contributed by atoms with Gasteiger partial charge in [0.05, 0.1) is 12.9 Å². The summed E-state index contributed by atoms with van der Waals surface area (Å²) < 4.78 is 5.71. The number of nitrogens with zero attached hydrogens (tertiary/aromatic N) is 1. The molecule has 0 N–H and O–H groups in total. The fourth-order valence-corrected chi connectivity index (χ4v) is 1.92. The van der Waals surface area contributed by atoms with Gasteiger partial charge in [-0.1, -0.05) is 60.7 Å². The lowest BCUT2D eigenvalue weighted by atomic mass is 9.99. The number of hydrogen-bond donors (Lipinski definition) is 0. The van der Waals surface area contributed by atoms with E-state index in [1.165, 1.54) is 11.1 Å². The molecule has 0 aliphatic rings. The molecule has 0 aromatic heterocycles. The Morgan fingerprint density at radius 1 is 0.900 bits per heavy atom. The lowest BCUT2D eigenvalue weighted by Gasteiger charge is -2.11. The van der Waals surface area contributed by atoms with E-state index in [4.69, 9.17) is 4.74 Å². The van der Waals surface area contributed by atoms with Crippen molar-refractivity contribution < 1.29 is 4.74 Å². The van der Waals surface area contributed by atoms with Gasteiger partial charge in [-0.25, -0.2) is 0 Å². The second kappa shape index (κ2) is 7.51. The zero-order chi connectivity index (χ0) is 14.2. The van der Waals surface area contributed by atoms with Crippen LogP contribution in [0.15, 0.2) is 66.9 Å². The summed E-state index contributed by atoms with van der Waals surface area (Å²) in [5, 5.41) is 0. The molecule has 0 atom stereocenters. The number of ether oxygens (including phenoxy) is 1. The third kappa shape index (κ3) is 4.25. The van der Waals surface area contributed by atoms with E-state index in [0.29, 0.717) is 6.61 Å². The molecule has 0 radical (unpaired) electrons. The lowest BCUT2D eigenvalue weighted by molar-refractivity contribution is 0.213. The second-order valence-electron chi connectivity index (χ2n) is 4.94. The molecule has 2 aromatic carbocycles. The van der Waals surface area contributed by atoms with Crippen molar-refractivity contribution in [1.82, 2.24) is 4.90 Å². The van der Waals surface area contributed by atoms with Crippen molar-refractivity contribution in [3.8, 4) is 0 Å². The van der Waals surface area contributed by atoms with Gasteiger partial charge in [-0.3, -0.25) is 0 Å². The van der Waals surface area contributed by atoms with Crippen LogP contribution in [0.1, 0.15) is 11.1 Å². The summed E-state index contributed by atoms with van der Waals surface area (Å²) in [6.07, 6.45) is 1.87. The summed E-state index contributed by atoms with van der Waals surface area (Å²) in [5.41, 5.74) is 3.46. The average molecular weight is 267 g/mol. The van der Waals surface area contributed by atoms with Crippen LogP contribution in [0.25, 0.3) is 5.57 Å². The Hall–Kier alpha value is -2.06. The van der Waals surface area contributed by atoms with Crippen LogP contribution >= 0.6 is 0 Å². The Balaban J connectivity index is 2.19. The quantitative estimate of drug-likeness (QED) is 0.585. The van der Waals surface area contributed by atoms with E-state index in [1.807, 2.05) is 56.8 Å². The average Bonchev–Trinajstić information content (AvgIpc) is 2.49. The minimum Gasteiger partial charge on any atom is -0.499 e. The molecular weight excluding hydrogens is 246 g/mol. The highest BCUT2D eigenvalue weighted by Crippen LogP contribution is 2.22. The maximum atomic E-state index is 5.71. The minimum atomic E-state index is 0.691. The Labute approximate surface area is 121 Å². The molecule has 2 nitrogen and oxygen atoms in total. The first-order valence-corrected chi connectivity index (χ1v) is 6.85. The predicted octanol–water partition coefficient (Wildman–Crippen LogP) is 3.65. The zero-order valence-corrected chi connectivity index (χ0v) is 12.1. The topological polar surface area (TPSA) is 12.5 Å². The van der Waals surface area contributed by atoms with Crippen molar-refractivity contribution in [1.29, 1.82) is 0 Å². The van der Waals surface area contributed by atoms with Gasteiger partial charge < -0.3 is 9.64 Å². The monoisotopic (exact) mass is 267 g/mol. The van der Waals surface area contributed by atoms with Gasteiger partial charge in [-0.15, -0.1) is 0 Å². The van der Waals surface area contributed by atoms with Crippen molar-refractivity contribution in [3.05, 3.63) is 78.1 Å². The van der Waals surface area contributed by atoms with E-state index in [2.05, 4.69) is 29.2 Å². The Kier molecular flexibility index (Phi) is 5.39. The van der Waals surface area contributed by atoms with E-state index >= 15 is 0 Å². The molecule has 2 heteroatoms. The smallest absolute Gasteiger partial charge is 0.1000 e. The summed E-state index contributed by atoms with van der Waals surface area (Å²) in [5.74, 6) is 0. The van der Waals surface area contributed by atoms with E-state index < -0.39 is 0 Å². The van der Waals surface area contributed by atoms with Crippen LogP contribution in [-0.2, 0) is 4.74 Å². The molecule has 0 fully saturated rings. The molecule has 2 rings (SSSR count). The van der Waals surface area contributed by atoms with Crippen LogP contribution in [0.5, 0.6) is 0 Å². The van der Waals surface area contributed by atoms with E-state index in [1.54, 1.807) is 0 Å². The van der Waals surface area contributed by atoms with Crippen molar-refractivity contribution in [3.63, 3.8) is 0 Å². The molecule has 20 heavy (non-hydrogen) atoms. The van der Waals surface area contributed by atoms with Gasteiger partial charge in [-0.05, 0) is 25.2 Å². The van der Waals surface area contributed by atoms with Crippen molar-refractivity contribution in [2.75, 3.05) is 27.2 Å². The molecule has 0 spiro atoms. The largest absolute Gasteiger partial charge is 0.499 e. The van der Waals surface area contributed by atoms with Gasteiger partial charge in [0.1, 0.15) is 0 Å². The summed E-state index contributed by atoms with van der Waals surface area (Å²) >= 11 is 0. The van der Waals surface area contributed by atoms with E-state index in [9.17, 15) is 0 Å². The van der Waals surface area contributed by atoms with Gasteiger partial charge in [0.15, 0.2) is 0 Å². The minimum absolute atomic E-state index is 0.691. The molecule has 0 bridgehead atoms. The van der Waals surface area contributed by atoms with Crippen molar-refractivity contribution >= 4 is 5.57 Å². The van der Waals surface area contributed by atoms with E-state index in [-0.39, 0.29) is 0 Å². The van der Waals surface area contributed by atoms with Crippen molar-refractivity contribution in [2.24, 2.45) is 0 Å². The number of benzene rings is 2. The molecular formula is C18H21NO. The van der Waals surface area contributed by atoms with Gasteiger partial charge >= 0.3 is 0 Å². The molecule has 0 unspecified atom stereocenters. The first kappa shape index (κ1) is 14.4. The van der Waals surface area contributed by atoms with Gasteiger partial charge in [0.2, 0.25) is 0 Å². The molecule has 0 aliphatic carbocycles. The zero-order valence-electron chi connectivity index (χ0n) is 12.1. The summed E-state index contributed by atoms with van der Waals surface area (Å²) in [6, 6.07) is 20.7. The first-order chi connectivity index (χ1) is 9.77. The molecule has 0 aliphatic heterocycles. The number of likely N-dealkylation sites (N-methyl/N-ethyl adjacent to an activating group) is 1. The molecule has 2 aromatic rings. The lowest BCUT2D eigenvalue weighted by Crippen LogP contribution is -2.16. The third-order valence-corrected chi connectivity index (χ3v) is 3.03. The Morgan fingerprint density at radius 2 is 1.40 bits per heavy atom. The fraction of sp³-hybridized carbons (Fsp3) is 0.222.